The lowest BCUT2D eigenvalue weighted by Gasteiger charge is -2.32. The predicted octanol–water partition coefficient (Wildman–Crippen LogP) is 2.25. The number of hydrogen-bond donors (Lipinski definition) is 4. The quantitative estimate of drug-likeness (QED) is 0.554. The maximum absolute atomic E-state index is 3.71. The van der Waals surface area contributed by atoms with Crippen LogP contribution in [0.3, 0.4) is 0 Å². The van der Waals surface area contributed by atoms with Gasteiger partial charge in [-0.05, 0) is 93.4 Å². The van der Waals surface area contributed by atoms with Gasteiger partial charge >= 0.3 is 0 Å². The molecule has 0 amide bonds. The molecule has 4 nitrogen and oxygen atoms in total. The Morgan fingerprint density at radius 3 is 1.36 bits per heavy atom. The van der Waals surface area contributed by atoms with Crippen molar-refractivity contribution in [3.63, 3.8) is 0 Å². The van der Waals surface area contributed by atoms with Gasteiger partial charge in [-0.3, -0.25) is 0 Å². The van der Waals surface area contributed by atoms with Gasteiger partial charge in [0.15, 0.2) is 0 Å². The molecule has 132 valence electrons. The number of rotatable bonds is 0. The summed E-state index contributed by atoms with van der Waals surface area (Å²) in [6.07, 6.45) is 4.69. The van der Waals surface area contributed by atoms with Crippen molar-refractivity contribution in [2.45, 2.75) is 90.4 Å². The fourth-order valence-corrected chi connectivity index (χ4v) is 3.55. The van der Waals surface area contributed by atoms with Crippen molar-refractivity contribution in [1.29, 1.82) is 0 Å². The van der Waals surface area contributed by atoms with Crippen LogP contribution < -0.4 is 21.3 Å². The molecule has 0 aromatic carbocycles. The highest BCUT2D eigenvalue weighted by Gasteiger charge is 2.22. The molecule has 1 heterocycles. The van der Waals surface area contributed by atoms with E-state index in [9.17, 15) is 0 Å². The smallest absolute Gasteiger partial charge is 0.0139 e. The molecule has 2 atom stereocenters. The molecular formula is C18H40N4. The van der Waals surface area contributed by atoms with E-state index >= 15 is 0 Å². The summed E-state index contributed by atoms with van der Waals surface area (Å²) in [6.45, 7) is 18.2. The molecule has 1 rings (SSSR count). The maximum atomic E-state index is 3.71. The van der Waals surface area contributed by atoms with Gasteiger partial charge in [0.25, 0.3) is 0 Å². The first kappa shape index (κ1) is 19.9. The summed E-state index contributed by atoms with van der Waals surface area (Å²) in [5, 5.41) is 14.7. The van der Waals surface area contributed by atoms with Gasteiger partial charge in [0.2, 0.25) is 0 Å². The second-order valence-corrected chi connectivity index (χ2v) is 8.45. The van der Waals surface area contributed by atoms with Crippen molar-refractivity contribution in [3.05, 3.63) is 0 Å². The fourth-order valence-electron chi connectivity index (χ4n) is 3.55. The zero-order chi connectivity index (χ0) is 16.6. The van der Waals surface area contributed by atoms with Crippen LogP contribution in [-0.4, -0.2) is 49.3 Å². The van der Waals surface area contributed by atoms with E-state index in [4.69, 9.17) is 0 Å². The molecule has 1 fully saturated rings. The molecule has 0 spiro atoms. The van der Waals surface area contributed by atoms with Crippen molar-refractivity contribution in [3.8, 4) is 0 Å². The van der Waals surface area contributed by atoms with Crippen LogP contribution in [0.5, 0.6) is 0 Å². The molecule has 1 aliphatic heterocycles. The Morgan fingerprint density at radius 2 is 1.00 bits per heavy atom. The highest BCUT2D eigenvalue weighted by atomic mass is 15.0. The minimum absolute atomic E-state index is 0.204. The Hall–Kier alpha value is -0.160. The molecule has 0 aromatic heterocycles. The second kappa shape index (κ2) is 9.21. The average molecular weight is 313 g/mol. The second-order valence-electron chi connectivity index (χ2n) is 8.45. The lowest BCUT2D eigenvalue weighted by molar-refractivity contribution is 0.294. The summed E-state index contributed by atoms with van der Waals surface area (Å²) >= 11 is 0. The van der Waals surface area contributed by atoms with Crippen molar-refractivity contribution in [2.75, 3.05) is 26.2 Å². The average Bonchev–Trinajstić information content (AvgIpc) is 2.35. The highest BCUT2D eigenvalue weighted by molar-refractivity contribution is 4.84. The molecule has 4 heteroatoms. The Morgan fingerprint density at radius 1 is 0.636 bits per heavy atom. The van der Waals surface area contributed by atoms with E-state index < -0.39 is 0 Å². The van der Waals surface area contributed by atoms with Crippen LogP contribution in [0.2, 0.25) is 0 Å². The van der Waals surface area contributed by atoms with E-state index in [-0.39, 0.29) is 11.1 Å². The lowest BCUT2D eigenvalue weighted by atomic mass is 9.95. The van der Waals surface area contributed by atoms with Crippen LogP contribution in [-0.2, 0) is 0 Å². The lowest BCUT2D eigenvalue weighted by Crippen LogP contribution is -2.48. The molecule has 22 heavy (non-hydrogen) atoms. The van der Waals surface area contributed by atoms with Crippen LogP contribution in [0.1, 0.15) is 67.2 Å². The summed E-state index contributed by atoms with van der Waals surface area (Å²) < 4.78 is 0. The number of hydrogen-bond acceptors (Lipinski definition) is 4. The first-order valence-electron chi connectivity index (χ1n) is 9.17. The molecule has 4 N–H and O–H groups in total. The van der Waals surface area contributed by atoms with Crippen LogP contribution in [0.4, 0.5) is 0 Å². The molecule has 0 aromatic rings. The first-order valence-corrected chi connectivity index (χ1v) is 9.17. The van der Waals surface area contributed by atoms with Crippen LogP contribution in [0.25, 0.3) is 0 Å². The molecule has 1 aliphatic rings. The summed E-state index contributed by atoms with van der Waals surface area (Å²) in [5.41, 5.74) is 0.407. The van der Waals surface area contributed by atoms with Gasteiger partial charge < -0.3 is 21.3 Å². The van der Waals surface area contributed by atoms with Gasteiger partial charge in [-0.15, -0.1) is 0 Å². The largest absolute Gasteiger partial charge is 0.314 e. The highest BCUT2D eigenvalue weighted by Crippen LogP contribution is 2.13. The third-order valence-electron chi connectivity index (χ3n) is 4.53. The molecule has 0 bridgehead atoms. The van der Waals surface area contributed by atoms with Crippen molar-refractivity contribution in [2.24, 2.45) is 0 Å². The monoisotopic (exact) mass is 312 g/mol. The Bertz CT molecular complexity index is 271. The van der Waals surface area contributed by atoms with Crippen LogP contribution in [0.15, 0.2) is 0 Å². The standard InChI is InChI=1S/C18H40N4/c1-15-13-17(3,4)21-12-8-10-20-16(2)14-18(5,6)22-11-7-9-19-15/h15-16,19-22H,7-14H2,1-6H3/t15-,16?/m0/s1. The minimum atomic E-state index is 0.204. The van der Waals surface area contributed by atoms with E-state index in [1.165, 1.54) is 12.8 Å². The van der Waals surface area contributed by atoms with Crippen molar-refractivity contribution in [1.82, 2.24) is 21.3 Å². The molecular weight excluding hydrogens is 272 g/mol. The minimum Gasteiger partial charge on any atom is -0.314 e. The Labute approximate surface area is 138 Å². The summed E-state index contributed by atoms with van der Waals surface area (Å²) in [7, 11) is 0. The molecule has 1 saturated heterocycles. The molecule has 1 unspecified atom stereocenters. The van der Waals surface area contributed by atoms with E-state index in [1.807, 2.05) is 0 Å². The summed E-state index contributed by atoms with van der Waals surface area (Å²) in [5.74, 6) is 0. The van der Waals surface area contributed by atoms with E-state index in [2.05, 4.69) is 62.8 Å². The summed E-state index contributed by atoms with van der Waals surface area (Å²) in [6, 6.07) is 1.11. The van der Waals surface area contributed by atoms with Gasteiger partial charge in [-0.25, -0.2) is 0 Å². The Kier molecular flexibility index (Phi) is 8.33. The van der Waals surface area contributed by atoms with Gasteiger partial charge in [-0.2, -0.15) is 0 Å². The van der Waals surface area contributed by atoms with E-state index in [0.29, 0.717) is 12.1 Å². The zero-order valence-corrected chi connectivity index (χ0v) is 15.8. The first-order chi connectivity index (χ1) is 10.2. The van der Waals surface area contributed by atoms with Crippen LogP contribution >= 0.6 is 0 Å². The molecule has 0 aliphatic carbocycles. The maximum Gasteiger partial charge on any atom is 0.0139 e. The van der Waals surface area contributed by atoms with Crippen molar-refractivity contribution >= 4 is 0 Å². The third kappa shape index (κ3) is 9.09. The van der Waals surface area contributed by atoms with Gasteiger partial charge in [0.1, 0.15) is 0 Å². The van der Waals surface area contributed by atoms with Gasteiger partial charge in [0, 0.05) is 23.2 Å². The fraction of sp³-hybridized carbons (Fsp3) is 1.00. The Balaban J connectivity index is 2.51. The van der Waals surface area contributed by atoms with E-state index in [1.54, 1.807) is 0 Å². The van der Waals surface area contributed by atoms with Gasteiger partial charge in [0.05, 0.1) is 0 Å². The zero-order valence-electron chi connectivity index (χ0n) is 15.8. The third-order valence-corrected chi connectivity index (χ3v) is 4.53. The SMILES string of the molecule is CC1CC(C)(C)NCCCN[C@@H](C)CC(C)(C)NCCCN1. The summed E-state index contributed by atoms with van der Waals surface area (Å²) in [4.78, 5) is 0. The normalized spacial score (nSPS) is 32.5. The van der Waals surface area contributed by atoms with Crippen molar-refractivity contribution < 1.29 is 0 Å². The topological polar surface area (TPSA) is 48.1 Å². The molecule has 0 saturated carbocycles. The van der Waals surface area contributed by atoms with Crippen LogP contribution in [0, 0.1) is 0 Å². The van der Waals surface area contributed by atoms with E-state index in [0.717, 1.165) is 39.0 Å². The predicted molar refractivity (Wildman–Crippen MR) is 97.6 cm³/mol. The van der Waals surface area contributed by atoms with Gasteiger partial charge in [-0.1, -0.05) is 0 Å². The number of nitrogens with one attached hydrogen (secondary N) is 4. The molecule has 0 radical (unpaired) electrons.